The van der Waals surface area contributed by atoms with E-state index >= 15 is 0 Å². The van der Waals surface area contributed by atoms with Gasteiger partial charge in [-0.1, -0.05) is 12.1 Å². The molecule has 1 aromatic carbocycles. The number of aromatic nitrogens is 2. The quantitative estimate of drug-likeness (QED) is 0.800. The molecule has 0 amide bonds. The van der Waals surface area contributed by atoms with Crippen LogP contribution in [0.15, 0.2) is 30.5 Å². The molecule has 0 aliphatic heterocycles. The van der Waals surface area contributed by atoms with Gasteiger partial charge in [0.1, 0.15) is 12.4 Å². The van der Waals surface area contributed by atoms with E-state index in [4.69, 9.17) is 21.1 Å². The Balaban J connectivity index is 2.04. The van der Waals surface area contributed by atoms with Crippen LogP contribution in [-0.2, 0) is 6.61 Å². The van der Waals surface area contributed by atoms with Gasteiger partial charge in [0, 0.05) is 0 Å². The SMILES string of the molecule is COc1ccc(COc2nc(Cl)ncc2F)cc1. The zero-order chi connectivity index (χ0) is 13.0. The van der Waals surface area contributed by atoms with Crippen molar-refractivity contribution < 1.29 is 13.9 Å². The fraction of sp³-hybridized carbons (Fsp3) is 0.167. The molecule has 2 aromatic rings. The third-order valence-corrected chi connectivity index (χ3v) is 2.40. The molecule has 1 aromatic heterocycles. The van der Waals surface area contributed by atoms with Crippen LogP contribution in [0.1, 0.15) is 5.56 Å². The molecule has 0 atom stereocenters. The monoisotopic (exact) mass is 268 g/mol. The van der Waals surface area contributed by atoms with Crippen molar-refractivity contribution in [1.29, 1.82) is 0 Å². The molecule has 0 radical (unpaired) electrons. The molecule has 6 heteroatoms. The van der Waals surface area contributed by atoms with Gasteiger partial charge in [-0.25, -0.2) is 4.98 Å². The summed E-state index contributed by atoms with van der Waals surface area (Å²) in [5.41, 5.74) is 0.866. The Hall–Kier alpha value is -1.88. The van der Waals surface area contributed by atoms with Gasteiger partial charge < -0.3 is 9.47 Å². The van der Waals surface area contributed by atoms with Gasteiger partial charge in [-0.15, -0.1) is 0 Å². The fourth-order valence-corrected chi connectivity index (χ4v) is 1.43. The van der Waals surface area contributed by atoms with Gasteiger partial charge in [0.2, 0.25) is 11.1 Å². The topological polar surface area (TPSA) is 44.2 Å². The number of benzene rings is 1. The third kappa shape index (κ3) is 3.07. The summed E-state index contributed by atoms with van der Waals surface area (Å²) in [6, 6.07) is 7.23. The van der Waals surface area contributed by atoms with Crippen molar-refractivity contribution in [1.82, 2.24) is 9.97 Å². The number of hydrogen-bond donors (Lipinski definition) is 0. The summed E-state index contributed by atoms with van der Waals surface area (Å²) < 4.78 is 23.5. The maximum Gasteiger partial charge on any atom is 0.255 e. The Morgan fingerprint density at radius 1 is 1.28 bits per heavy atom. The van der Waals surface area contributed by atoms with Gasteiger partial charge in [-0.3, -0.25) is 0 Å². The zero-order valence-electron chi connectivity index (χ0n) is 9.56. The maximum absolute atomic E-state index is 13.3. The van der Waals surface area contributed by atoms with Crippen LogP contribution in [0, 0.1) is 5.82 Å². The molecule has 0 unspecified atom stereocenters. The summed E-state index contributed by atoms with van der Waals surface area (Å²) in [7, 11) is 1.59. The van der Waals surface area contributed by atoms with Crippen LogP contribution in [0.5, 0.6) is 11.6 Å². The van der Waals surface area contributed by atoms with Crippen LogP contribution in [0.25, 0.3) is 0 Å². The Morgan fingerprint density at radius 2 is 2.00 bits per heavy atom. The predicted octanol–water partition coefficient (Wildman–Crippen LogP) is 2.86. The van der Waals surface area contributed by atoms with E-state index in [1.165, 1.54) is 0 Å². The van der Waals surface area contributed by atoms with Gasteiger partial charge in [-0.05, 0) is 29.3 Å². The summed E-state index contributed by atoms with van der Waals surface area (Å²) >= 11 is 5.55. The Kier molecular flexibility index (Phi) is 3.94. The maximum atomic E-state index is 13.3. The van der Waals surface area contributed by atoms with Crippen molar-refractivity contribution in [2.24, 2.45) is 0 Å². The number of halogens is 2. The molecule has 2 rings (SSSR count). The average molecular weight is 269 g/mol. The third-order valence-electron chi connectivity index (χ3n) is 2.22. The minimum absolute atomic E-state index is 0.0545. The molecule has 18 heavy (non-hydrogen) atoms. The standard InChI is InChI=1S/C12H10ClFN2O2/c1-17-9-4-2-8(3-5-9)7-18-11-10(14)6-15-12(13)16-11/h2-6H,7H2,1H3. The predicted molar refractivity (Wildman–Crippen MR) is 64.3 cm³/mol. The van der Waals surface area contributed by atoms with E-state index in [9.17, 15) is 4.39 Å². The number of rotatable bonds is 4. The van der Waals surface area contributed by atoms with Crippen molar-refractivity contribution in [3.8, 4) is 11.6 Å². The van der Waals surface area contributed by atoms with Crippen molar-refractivity contribution >= 4 is 11.6 Å². The van der Waals surface area contributed by atoms with Crippen molar-refractivity contribution in [2.45, 2.75) is 6.61 Å². The molecule has 0 aliphatic rings. The number of hydrogen-bond acceptors (Lipinski definition) is 4. The highest BCUT2D eigenvalue weighted by Crippen LogP contribution is 2.17. The van der Waals surface area contributed by atoms with E-state index in [1.807, 2.05) is 12.1 Å². The number of methoxy groups -OCH3 is 1. The highest BCUT2D eigenvalue weighted by Gasteiger charge is 2.07. The summed E-state index contributed by atoms with van der Waals surface area (Å²) in [5.74, 6) is -0.0614. The highest BCUT2D eigenvalue weighted by atomic mass is 35.5. The first-order chi connectivity index (χ1) is 8.69. The molecule has 94 valence electrons. The van der Waals surface area contributed by atoms with E-state index in [2.05, 4.69) is 9.97 Å². The Bertz CT molecular complexity index is 534. The van der Waals surface area contributed by atoms with Crippen molar-refractivity contribution in [3.05, 3.63) is 47.1 Å². The molecular weight excluding hydrogens is 259 g/mol. The number of ether oxygens (including phenoxy) is 2. The summed E-state index contributed by atoms with van der Waals surface area (Å²) in [5, 5.41) is -0.0545. The summed E-state index contributed by atoms with van der Waals surface area (Å²) in [6.45, 7) is 0.189. The van der Waals surface area contributed by atoms with Crippen LogP contribution in [0.2, 0.25) is 5.28 Å². The molecule has 0 spiro atoms. The van der Waals surface area contributed by atoms with Crippen LogP contribution in [-0.4, -0.2) is 17.1 Å². The van der Waals surface area contributed by atoms with E-state index < -0.39 is 5.82 Å². The first-order valence-electron chi connectivity index (χ1n) is 5.13. The lowest BCUT2D eigenvalue weighted by atomic mass is 10.2. The molecule has 0 saturated carbocycles. The number of nitrogens with zero attached hydrogens (tertiary/aromatic N) is 2. The van der Waals surface area contributed by atoms with E-state index in [-0.39, 0.29) is 17.8 Å². The van der Waals surface area contributed by atoms with E-state index in [0.717, 1.165) is 17.5 Å². The molecule has 0 N–H and O–H groups in total. The molecule has 0 fully saturated rings. The summed E-state index contributed by atoms with van der Waals surface area (Å²) in [4.78, 5) is 7.15. The van der Waals surface area contributed by atoms with E-state index in [1.54, 1.807) is 19.2 Å². The van der Waals surface area contributed by atoms with Crippen LogP contribution >= 0.6 is 11.6 Å². The second-order valence-corrected chi connectivity index (χ2v) is 3.77. The lowest BCUT2D eigenvalue weighted by Gasteiger charge is -2.06. The minimum atomic E-state index is -0.645. The fourth-order valence-electron chi connectivity index (χ4n) is 1.31. The molecule has 0 bridgehead atoms. The molecule has 4 nitrogen and oxygen atoms in total. The van der Waals surface area contributed by atoms with Crippen LogP contribution in [0.3, 0.4) is 0 Å². The van der Waals surface area contributed by atoms with Gasteiger partial charge in [0.25, 0.3) is 5.88 Å². The first-order valence-corrected chi connectivity index (χ1v) is 5.50. The van der Waals surface area contributed by atoms with Crippen molar-refractivity contribution in [2.75, 3.05) is 7.11 Å². The minimum Gasteiger partial charge on any atom is -0.497 e. The van der Waals surface area contributed by atoms with Gasteiger partial charge in [0.05, 0.1) is 13.3 Å². The Morgan fingerprint density at radius 3 is 2.67 bits per heavy atom. The first kappa shape index (κ1) is 12.6. The summed E-state index contributed by atoms with van der Waals surface area (Å²) in [6.07, 6.45) is 0.971. The lowest BCUT2D eigenvalue weighted by molar-refractivity contribution is 0.276. The van der Waals surface area contributed by atoms with E-state index in [0.29, 0.717) is 0 Å². The second-order valence-electron chi connectivity index (χ2n) is 3.43. The van der Waals surface area contributed by atoms with Crippen LogP contribution in [0.4, 0.5) is 4.39 Å². The zero-order valence-corrected chi connectivity index (χ0v) is 10.3. The van der Waals surface area contributed by atoms with Gasteiger partial charge in [0.15, 0.2) is 0 Å². The molecule has 0 aliphatic carbocycles. The van der Waals surface area contributed by atoms with Crippen molar-refractivity contribution in [3.63, 3.8) is 0 Å². The lowest BCUT2D eigenvalue weighted by Crippen LogP contribution is -2.00. The average Bonchev–Trinajstić information content (AvgIpc) is 2.40. The highest BCUT2D eigenvalue weighted by molar-refractivity contribution is 6.28. The normalized spacial score (nSPS) is 10.2. The van der Waals surface area contributed by atoms with Gasteiger partial charge in [-0.2, -0.15) is 9.37 Å². The van der Waals surface area contributed by atoms with Crippen LogP contribution < -0.4 is 9.47 Å². The molecule has 0 saturated heterocycles. The smallest absolute Gasteiger partial charge is 0.255 e. The largest absolute Gasteiger partial charge is 0.497 e. The molecular formula is C12H10ClFN2O2. The second kappa shape index (κ2) is 5.64. The Labute approximate surface area is 108 Å². The van der Waals surface area contributed by atoms with Gasteiger partial charge >= 0.3 is 0 Å². The molecule has 1 heterocycles.